The van der Waals surface area contributed by atoms with E-state index >= 15 is 0 Å². The molecular weight excluding hydrogens is 268 g/mol. The second-order valence-corrected chi connectivity index (χ2v) is 4.90. The summed E-state index contributed by atoms with van der Waals surface area (Å²) in [6, 6.07) is 5.83. The van der Waals surface area contributed by atoms with Crippen LogP contribution in [-0.2, 0) is 4.79 Å². The van der Waals surface area contributed by atoms with Gasteiger partial charge in [0.25, 0.3) is 0 Å². The molecule has 0 spiro atoms. The number of halogens is 1. The number of hydrogen-bond donors (Lipinski definition) is 2. The molecule has 0 bridgehead atoms. The van der Waals surface area contributed by atoms with E-state index in [0.29, 0.717) is 13.0 Å². The maximum Gasteiger partial charge on any atom is 0.227 e. The van der Waals surface area contributed by atoms with Crippen molar-refractivity contribution in [1.82, 2.24) is 0 Å². The Morgan fingerprint density at radius 2 is 2.19 bits per heavy atom. The highest BCUT2D eigenvalue weighted by molar-refractivity contribution is 9.10. The molecule has 0 radical (unpaired) electrons. The van der Waals surface area contributed by atoms with Crippen molar-refractivity contribution in [2.75, 3.05) is 11.9 Å². The second-order valence-electron chi connectivity index (χ2n) is 3.98. The molecule has 0 aromatic heterocycles. The van der Waals surface area contributed by atoms with Gasteiger partial charge < -0.3 is 11.1 Å². The van der Waals surface area contributed by atoms with Crippen molar-refractivity contribution in [3.05, 3.63) is 28.2 Å². The molecule has 0 aliphatic heterocycles. The van der Waals surface area contributed by atoms with E-state index in [-0.39, 0.29) is 11.8 Å². The van der Waals surface area contributed by atoms with Gasteiger partial charge in [-0.15, -0.1) is 0 Å². The molecular formula is C12H17BrN2O. The summed E-state index contributed by atoms with van der Waals surface area (Å²) in [6.07, 6.45) is 0.707. The minimum Gasteiger partial charge on any atom is -0.330 e. The summed E-state index contributed by atoms with van der Waals surface area (Å²) < 4.78 is 0.967. The molecule has 1 aromatic carbocycles. The number of nitrogens with one attached hydrogen (secondary N) is 1. The highest BCUT2D eigenvalue weighted by atomic mass is 79.9. The van der Waals surface area contributed by atoms with Gasteiger partial charge >= 0.3 is 0 Å². The van der Waals surface area contributed by atoms with Gasteiger partial charge in [-0.3, -0.25) is 4.79 Å². The predicted molar refractivity (Wildman–Crippen MR) is 70.3 cm³/mol. The summed E-state index contributed by atoms with van der Waals surface area (Å²) in [7, 11) is 0. The minimum absolute atomic E-state index is 0.0166. The van der Waals surface area contributed by atoms with Crippen molar-refractivity contribution in [1.29, 1.82) is 0 Å². The molecule has 16 heavy (non-hydrogen) atoms. The third-order valence-electron chi connectivity index (χ3n) is 2.36. The Kier molecular flexibility index (Phi) is 4.96. The highest BCUT2D eigenvalue weighted by Crippen LogP contribution is 2.19. The van der Waals surface area contributed by atoms with Crippen molar-refractivity contribution < 1.29 is 4.79 Å². The Hall–Kier alpha value is -0.870. The van der Waals surface area contributed by atoms with E-state index in [1.165, 1.54) is 0 Å². The quantitative estimate of drug-likeness (QED) is 0.893. The maximum absolute atomic E-state index is 11.7. The molecule has 0 fully saturated rings. The first-order valence-electron chi connectivity index (χ1n) is 5.31. The van der Waals surface area contributed by atoms with E-state index in [4.69, 9.17) is 5.73 Å². The summed E-state index contributed by atoms with van der Waals surface area (Å²) in [5.41, 5.74) is 7.35. The third-order valence-corrected chi connectivity index (χ3v) is 2.81. The van der Waals surface area contributed by atoms with E-state index in [9.17, 15) is 4.79 Å². The SMILES string of the molecule is Cc1cc(Br)cc(NC(=O)C(C)CCN)c1. The van der Waals surface area contributed by atoms with Crippen molar-refractivity contribution in [3.63, 3.8) is 0 Å². The topological polar surface area (TPSA) is 55.1 Å². The molecule has 0 saturated heterocycles. The molecule has 1 rings (SSSR count). The van der Waals surface area contributed by atoms with Gasteiger partial charge in [0.05, 0.1) is 0 Å². The molecule has 1 unspecified atom stereocenters. The lowest BCUT2D eigenvalue weighted by molar-refractivity contribution is -0.119. The first kappa shape index (κ1) is 13.2. The summed E-state index contributed by atoms with van der Waals surface area (Å²) in [5, 5.41) is 2.88. The maximum atomic E-state index is 11.7. The molecule has 3 N–H and O–H groups in total. The number of benzene rings is 1. The van der Waals surface area contributed by atoms with Crippen LogP contribution >= 0.6 is 15.9 Å². The summed E-state index contributed by atoms with van der Waals surface area (Å²) in [5.74, 6) is -0.0350. The molecule has 0 heterocycles. The average molecular weight is 285 g/mol. The molecule has 1 atom stereocenters. The van der Waals surface area contributed by atoms with Crippen LogP contribution in [-0.4, -0.2) is 12.5 Å². The zero-order chi connectivity index (χ0) is 12.1. The Balaban J connectivity index is 2.69. The first-order chi connectivity index (χ1) is 7.52. The van der Waals surface area contributed by atoms with E-state index in [0.717, 1.165) is 15.7 Å². The lowest BCUT2D eigenvalue weighted by Crippen LogP contribution is -2.22. The second kappa shape index (κ2) is 6.01. The van der Waals surface area contributed by atoms with Crippen LogP contribution in [0.5, 0.6) is 0 Å². The molecule has 3 nitrogen and oxygen atoms in total. The lowest BCUT2D eigenvalue weighted by Gasteiger charge is -2.11. The Labute approximate surface area is 105 Å². The van der Waals surface area contributed by atoms with Gasteiger partial charge in [-0.2, -0.15) is 0 Å². The van der Waals surface area contributed by atoms with Crippen LogP contribution in [0.3, 0.4) is 0 Å². The Bertz CT molecular complexity index is 359. The van der Waals surface area contributed by atoms with E-state index in [1.807, 2.05) is 32.0 Å². The van der Waals surface area contributed by atoms with Crippen LogP contribution < -0.4 is 11.1 Å². The standard InChI is InChI=1S/C12H17BrN2O/c1-8-5-10(13)7-11(6-8)15-12(16)9(2)3-4-14/h5-7,9H,3-4,14H2,1-2H3,(H,15,16). The fourth-order valence-electron chi connectivity index (χ4n) is 1.46. The van der Waals surface area contributed by atoms with E-state index in [2.05, 4.69) is 21.2 Å². The van der Waals surface area contributed by atoms with Crippen molar-refractivity contribution >= 4 is 27.5 Å². The van der Waals surface area contributed by atoms with Crippen LogP contribution in [0.25, 0.3) is 0 Å². The predicted octanol–water partition coefficient (Wildman–Crippen LogP) is 2.68. The normalized spacial score (nSPS) is 12.2. The summed E-state index contributed by atoms with van der Waals surface area (Å²) in [6.45, 7) is 4.41. The number of carbonyl (C=O) groups is 1. The summed E-state index contributed by atoms with van der Waals surface area (Å²) in [4.78, 5) is 11.7. The van der Waals surface area contributed by atoms with Crippen molar-refractivity contribution in [2.24, 2.45) is 11.7 Å². The van der Waals surface area contributed by atoms with E-state index in [1.54, 1.807) is 0 Å². The Morgan fingerprint density at radius 3 is 2.75 bits per heavy atom. The van der Waals surface area contributed by atoms with Crippen LogP contribution in [0.2, 0.25) is 0 Å². The summed E-state index contributed by atoms with van der Waals surface area (Å²) >= 11 is 3.40. The highest BCUT2D eigenvalue weighted by Gasteiger charge is 2.12. The molecule has 1 aromatic rings. The van der Waals surface area contributed by atoms with E-state index < -0.39 is 0 Å². The molecule has 0 aliphatic carbocycles. The van der Waals surface area contributed by atoms with Crippen LogP contribution in [0, 0.1) is 12.8 Å². The number of aryl methyl sites for hydroxylation is 1. The van der Waals surface area contributed by atoms with Crippen molar-refractivity contribution in [2.45, 2.75) is 20.3 Å². The fraction of sp³-hybridized carbons (Fsp3) is 0.417. The number of rotatable bonds is 4. The first-order valence-corrected chi connectivity index (χ1v) is 6.10. The molecule has 0 saturated carbocycles. The molecule has 88 valence electrons. The van der Waals surface area contributed by atoms with Gasteiger partial charge in [0, 0.05) is 16.1 Å². The monoisotopic (exact) mass is 284 g/mol. The molecule has 1 amide bonds. The lowest BCUT2D eigenvalue weighted by atomic mass is 10.1. The van der Waals surface area contributed by atoms with Gasteiger partial charge in [-0.1, -0.05) is 22.9 Å². The zero-order valence-corrected chi connectivity index (χ0v) is 11.2. The fourth-order valence-corrected chi connectivity index (χ4v) is 2.06. The smallest absolute Gasteiger partial charge is 0.227 e. The number of anilines is 1. The van der Waals surface area contributed by atoms with Crippen molar-refractivity contribution in [3.8, 4) is 0 Å². The van der Waals surface area contributed by atoms with Gasteiger partial charge in [0.15, 0.2) is 0 Å². The van der Waals surface area contributed by atoms with Gasteiger partial charge in [0.1, 0.15) is 0 Å². The largest absolute Gasteiger partial charge is 0.330 e. The zero-order valence-electron chi connectivity index (χ0n) is 9.59. The molecule has 0 aliphatic rings. The van der Waals surface area contributed by atoms with Gasteiger partial charge in [0.2, 0.25) is 5.91 Å². The number of carbonyl (C=O) groups excluding carboxylic acids is 1. The van der Waals surface area contributed by atoms with Crippen LogP contribution in [0.4, 0.5) is 5.69 Å². The Morgan fingerprint density at radius 1 is 1.50 bits per heavy atom. The third kappa shape index (κ3) is 3.94. The van der Waals surface area contributed by atoms with Gasteiger partial charge in [-0.25, -0.2) is 0 Å². The number of nitrogens with two attached hydrogens (primary N) is 1. The molecule has 4 heteroatoms. The minimum atomic E-state index is -0.0516. The van der Waals surface area contributed by atoms with Crippen LogP contribution in [0.15, 0.2) is 22.7 Å². The van der Waals surface area contributed by atoms with Crippen LogP contribution in [0.1, 0.15) is 18.9 Å². The number of hydrogen-bond acceptors (Lipinski definition) is 2. The number of amides is 1. The average Bonchev–Trinajstić information content (AvgIpc) is 2.16. The van der Waals surface area contributed by atoms with Gasteiger partial charge in [-0.05, 0) is 43.7 Å².